The van der Waals surface area contributed by atoms with Gasteiger partial charge in [0.05, 0.1) is 0 Å². The summed E-state index contributed by atoms with van der Waals surface area (Å²) in [6.07, 6.45) is 0.597. The van der Waals surface area contributed by atoms with E-state index < -0.39 is 0 Å². The average molecular weight is 297 g/mol. The van der Waals surface area contributed by atoms with E-state index >= 15 is 0 Å². The van der Waals surface area contributed by atoms with Gasteiger partial charge in [0.1, 0.15) is 0 Å². The molecule has 0 bridgehead atoms. The van der Waals surface area contributed by atoms with Gasteiger partial charge in [-0.2, -0.15) is 0 Å². The summed E-state index contributed by atoms with van der Waals surface area (Å²) >= 11 is 3.49. The van der Waals surface area contributed by atoms with Crippen molar-refractivity contribution in [1.29, 1.82) is 0 Å². The van der Waals surface area contributed by atoms with Crippen LogP contribution in [0.2, 0.25) is 0 Å². The van der Waals surface area contributed by atoms with E-state index in [9.17, 15) is 4.79 Å². The van der Waals surface area contributed by atoms with Crippen LogP contribution in [0.3, 0.4) is 0 Å². The van der Waals surface area contributed by atoms with Crippen molar-refractivity contribution in [3.05, 3.63) is 29.8 Å². The zero-order valence-corrected chi connectivity index (χ0v) is 11.8. The van der Waals surface area contributed by atoms with Crippen LogP contribution in [0.5, 0.6) is 0 Å². The minimum Gasteiger partial charge on any atom is -0.311 e. The lowest BCUT2D eigenvalue weighted by atomic mass is 10.2. The molecule has 1 saturated heterocycles. The summed E-state index contributed by atoms with van der Waals surface area (Å²) in [5.41, 5.74) is 2.26. The average Bonchev–Trinajstić information content (AvgIpc) is 2.58. The fourth-order valence-corrected chi connectivity index (χ4v) is 2.63. The van der Waals surface area contributed by atoms with E-state index in [0.717, 1.165) is 18.8 Å². The number of benzene rings is 1. The highest BCUT2D eigenvalue weighted by Gasteiger charge is 2.28. The molecule has 0 spiro atoms. The van der Waals surface area contributed by atoms with Gasteiger partial charge >= 0.3 is 0 Å². The van der Waals surface area contributed by atoms with Crippen molar-refractivity contribution in [2.24, 2.45) is 0 Å². The first-order valence-electron chi connectivity index (χ1n) is 5.74. The lowest BCUT2D eigenvalue weighted by molar-refractivity contribution is -0.117. The van der Waals surface area contributed by atoms with Gasteiger partial charge in [-0.15, -0.1) is 0 Å². The van der Waals surface area contributed by atoms with Crippen LogP contribution < -0.4 is 4.90 Å². The number of carbonyl (C=O) groups excluding carboxylic acids is 1. The second kappa shape index (κ2) is 5.19. The first kappa shape index (κ1) is 12.6. The van der Waals surface area contributed by atoms with Crippen molar-refractivity contribution in [2.45, 2.75) is 17.8 Å². The van der Waals surface area contributed by atoms with Gasteiger partial charge in [-0.3, -0.25) is 4.79 Å². The third kappa shape index (κ3) is 3.07. The monoisotopic (exact) mass is 296 g/mol. The second-order valence-corrected chi connectivity index (χ2v) is 6.00. The number of hydrogen-bond acceptors (Lipinski definition) is 2. The fourth-order valence-electron chi connectivity index (χ4n) is 2.06. The number of anilines is 1. The Bertz CT molecular complexity index is 402. The summed E-state index contributed by atoms with van der Waals surface area (Å²) in [4.78, 5) is 16.0. The molecule has 0 saturated carbocycles. The van der Waals surface area contributed by atoms with Crippen LogP contribution in [-0.2, 0) is 11.3 Å². The summed E-state index contributed by atoms with van der Waals surface area (Å²) in [6, 6.07) is 8.23. The highest BCUT2D eigenvalue weighted by atomic mass is 79.9. The van der Waals surface area contributed by atoms with E-state index in [4.69, 9.17) is 0 Å². The van der Waals surface area contributed by atoms with Crippen LogP contribution in [0.15, 0.2) is 24.3 Å². The Morgan fingerprint density at radius 1 is 1.35 bits per heavy atom. The molecule has 1 aromatic rings. The third-order valence-corrected chi connectivity index (χ3v) is 3.44. The van der Waals surface area contributed by atoms with Crippen LogP contribution >= 0.6 is 15.9 Å². The Kier molecular flexibility index (Phi) is 3.84. The molecule has 1 amide bonds. The summed E-state index contributed by atoms with van der Waals surface area (Å²) in [7, 11) is 4.10. The molecule has 1 aliphatic heterocycles. The van der Waals surface area contributed by atoms with E-state index in [1.165, 1.54) is 5.56 Å². The Labute approximate surface area is 111 Å². The van der Waals surface area contributed by atoms with E-state index in [1.807, 2.05) is 31.1 Å². The van der Waals surface area contributed by atoms with Gasteiger partial charge in [-0.05, 0) is 31.8 Å². The van der Waals surface area contributed by atoms with Crippen LogP contribution in [0, 0.1) is 0 Å². The Morgan fingerprint density at radius 3 is 2.47 bits per heavy atom. The molecule has 1 aliphatic rings. The molecule has 0 N–H and O–H groups in total. The number of nitrogens with zero attached hydrogens (tertiary/aromatic N) is 2. The molecule has 1 heterocycles. The van der Waals surface area contributed by atoms with E-state index in [2.05, 4.69) is 33.0 Å². The summed E-state index contributed by atoms with van der Waals surface area (Å²) in [6.45, 7) is 1.70. The van der Waals surface area contributed by atoms with Crippen molar-refractivity contribution in [3.63, 3.8) is 0 Å². The molecule has 4 heteroatoms. The van der Waals surface area contributed by atoms with Gasteiger partial charge in [0, 0.05) is 30.0 Å². The molecule has 0 aliphatic carbocycles. The van der Waals surface area contributed by atoms with Gasteiger partial charge < -0.3 is 9.80 Å². The van der Waals surface area contributed by atoms with Gasteiger partial charge in [0.15, 0.2) is 0 Å². The predicted octanol–water partition coefficient (Wildman–Crippen LogP) is 2.25. The van der Waals surface area contributed by atoms with Crippen molar-refractivity contribution in [3.8, 4) is 0 Å². The Balaban J connectivity index is 2.10. The van der Waals surface area contributed by atoms with Crippen molar-refractivity contribution < 1.29 is 4.79 Å². The van der Waals surface area contributed by atoms with Crippen molar-refractivity contribution in [1.82, 2.24) is 4.90 Å². The molecule has 0 aromatic heterocycles. The number of carbonyl (C=O) groups is 1. The molecule has 0 radical (unpaired) electrons. The molecule has 3 nitrogen and oxygen atoms in total. The SMILES string of the molecule is CN(C)Cc1ccc(N2CC(Br)CC2=O)cc1. The largest absolute Gasteiger partial charge is 0.311 e. The standard InChI is InChI=1S/C13H17BrN2O/c1-15(2)8-10-3-5-12(6-4-10)16-9-11(14)7-13(16)17/h3-6,11H,7-9H2,1-2H3. The minimum absolute atomic E-state index is 0.201. The van der Waals surface area contributed by atoms with E-state index in [1.54, 1.807) is 0 Å². The molecular weight excluding hydrogens is 280 g/mol. The molecule has 1 unspecified atom stereocenters. The van der Waals surface area contributed by atoms with E-state index in [0.29, 0.717) is 6.42 Å². The lowest BCUT2D eigenvalue weighted by Crippen LogP contribution is -2.24. The zero-order valence-electron chi connectivity index (χ0n) is 10.2. The smallest absolute Gasteiger partial charge is 0.228 e. The number of halogens is 1. The van der Waals surface area contributed by atoms with Gasteiger partial charge in [0.2, 0.25) is 5.91 Å². The van der Waals surface area contributed by atoms with Crippen molar-refractivity contribution >= 4 is 27.5 Å². The highest BCUT2D eigenvalue weighted by Crippen LogP contribution is 2.25. The maximum Gasteiger partial charge on any atom is 0.228 e. The number of amides is 1. The summed E-state index contributed by atoms with van der Waals surface area (Å²) in [5, 5.41) is 0. The topological polar surface area (TPSA) is 23.6 Å². The first-order chi connectivity index (χ1) is 8.06. The zero-order chi connectivity index (χ0) is 12.4. The minimum atomic E-state index is 0.201. The normalized spacial score (nSPS) is 20.4. The van der Waals surface area contributed by atoms with Crippen LogP contribution in [-0.4, -0.2) is 36.3 Å². The number of hydrogen-bond donors (Lipinski definition) is 0. The molecule has 1 atom stereocenters. The summed E-state index contributed by atoms with van der Waals surface area (Å²) < 4.78 is 0. The Morgan fingerprint density at radius 2 is 2.00 bits per heavy atom. The van der Waals surface area contributed by atoms with Crippen LogP contribution in [0.25, 0.3) is 0 Å². The first-order valence-corrected chi connectivity index (χ1v) is 6.66. The van der Waals surface area contributed by atoms with Crippen molar-refractivity contribution in [2.75, 3.05) is 25.5 Å². The third-order valence-electron chi connectivity index (χ3n) is 2.82. The lowest BCUT2D eigenvalue weighted by Gasteiger charge is -2.17. The Hall–Kier alpha value is -0.870. The van der Waals surface area contributed by atoms with Gasteiger partial charge in [-0.25, -0.2) is 0 Å². The quantitative estimate of drug-likeness (QED) is 0.799. The highest BCUT2D eigenvalue weighted by molar-refractivity contribution is 9.09. The van der Waals surface area contributed by atoms with E-state index in [-0.39, 0.29) is 10.7 Å². The maximum atomic E-state index is 11.7. The number of rotatable bonds is 3. The molecule has 92 valence electrons. The maximum absolute atomic E-state index is 11.7. The molecule has 2 rings (SSSR count). The van der Waals surface area contributed by atoms with Gasteiger partial charge in [-0.1, -0.05) is 28.1 Å². The van der Waals surface area contributed by atoms with Gasteiger partial charge in [0.25, 0.3) is 0 Å². The predicted molar refractivity (Wildman–Crippen MR) is 73.5 cm³/mol. The fraction of sp³-hybridized carbons (Fsp3) is 0.462. The molecule has 17 heavy (non-hydrogen) atoms. The summed E-state index contributed by atoms with van der Waals surface area (Å²) in [5.74, 6) is 0.201. The number of alkyl halides is 1. The molecular formula is C13H17BrN2O. The second-order valence-electron chi connectivity index (χ2n) is 4.71. The molecule has 1 aromatic carbocycles. The van der Waals surface area contributed by atoms with Crippen LogP contribution in [0.1, 0.15) is 12.0 Å². The van der Waals surface area contributed by atoms with Crippen LogP contribution in [0.4, 0.5) is 5.69 Å². The molecule has 1 fully saturated rings.